The Kier molecular flexibility index (Phi) is 2.16. The van der Waals surface area contributed by atoms with Crippen LogP contribution < -0.4 is 5.73 Å². The molecule has 2 aromatic carbocycles. The number of benzene rings is 2. The second-order valence-corrected chi connectivity index (χ2v) is 5.23. The summed E-state index contributed by atoms with van der Waals surface area (Å²) in [6.45, 7) is 0. The van der Waals surface area contributed by atoms with Crippen molar-refractivity contribution < 1.29 is 0 Å². The zero-order chi connectivity index (χ0) is 11.2. The molecule has 0 radical (unpaired) electrons. The predicted octanol–water partition coefficient (Wildman–Crippen LogP) is 3.21. The summed E-state index contributed by atoms with van der Waals surface area (Å²) in [6, 6.07) is 16.7. The van der Waals surface area contributed by atoms with Crippen molar-refractivity contribution in [2.75, 3.05) is 0 Å². The van der Waals surface area contributed by atoms with E-state index in [2.05, 4.69) is 52.3 Å². The second-order valence-electron chi connectivity index (χ2n) is 4.31. The fourth-order valence-corrected chi connectivity index (χ4v) is 2.67. The van der Waals surface area contributed by atoms with Crippen molar-refractivity contribution in [1.29, 1.82) is 0 Å². The first-order chi connectivity index (χ1) is 7.70. The van der Waals surface area contributed by atoms with Gasteiger partial charge in [0.1, 0.15) is 0 Å². The molecule has 0 heterocycles. The lowest BCUT2D eigenvalue weighted by atomic mass is 9.67. The SMILES string of the molecule is NC1(c2ccc(Br)cc2)Cc2ccccc21. The van der Waals surface area contributed by atoms with Crippen LogP contribution in [0.4, 0.5) is 0 Å². The van der Waals surface area contributed by atoms with E-state index in [0.717, 1.165) is 10.9 Å². The standard InChI is InChI=1S/C14H12BrN/c15-12-7-5-11(6-8-12)14(16)9-10-3-1-2-4-13(10)14/h1-8H,9,16H2. The maximum absolute atomic E-state index is 6.47. The lowest BCUT2D eigenvalue weighted by Gasteiger charge is -2.41. The van der Waals surface area contributed by atoms with Gasteiger partial charge in [-0.15, -0.1) is 0 Å². The molecular formula is C14H12BrN. The van der Waals surface area contributed by atoms with E-state index in [1.54, 1.807) is 0 Å². The molecule has 0 spiro atoms. The summed E-state index contributed by atoms with van der Waals surface area (Å²) in [7, 11) is 0. The van der Waals surface area contributed by atoms with Crippen LogP contribution in [0.5, 0.6) is 0 Å². The molecule has 0 bridgehead atoms. The zero-order valence-corrected chi connectivity index (χ0v) is 10.4. The summed E-state index contributed by atoms with van der Waals surface area (Å²) in [5, 5.41) is 0. The minimum atomic E-state index is -0.280. The Morgan fingerprint density at radius 3 is 2.38 bits per heavy atom. The Labute approximate surface area is 103 Å². The number of fused-ring (bicyclic) bond motifs is 1. The van der Waals surface area contributed by atoms with Crippen LogP contribution >= 0.6 is 15.9 Å². The van der Waals surface area contributed by atoms with Gasteiger partial charge in [0.25, 0.3) is 0 Å². The number of nitrogens with two attached hydrogens (primary N) is 1. The molecule has 2 heteroatoms. The quantitative estimate of drug-likeness (QED) is 0.849. The van der Waals surface area contributed by atoms with Crippen LogP contribution in [0.2, 0.25) is 0 Å². The highest BCUT2D eigenvalue weighted by atomic mass is 79.9. The van der Waals surface area contributed by atoms with Crippen molar-refractivity contribution >= 4 is 15.9 Å². The molecule has 0 aromatic heterocycles. The molecule has 1 aliphatic rings. The van der Waals surface area contributed by atoms with Crippen molar-refractivity contribution in [2.45, 2.75) is 12.0 Å². The van der Waals surface area contributed by atoms with Crippen LogP contribution in [0.25, 0.3) is 0 Å². The van der Waals surface area contributed by atoms with Gasteiger partial charge >= 0.3 is 0 Å². The van der Waals surface area contributed by atoms with Crippen LogP contribution in [0.15, 0.2) is 53.0 Å². The Morgan fingerprint density at radius 1 is 1.00 bits per heavy atom. The van der Waals surface area contributed by atoms with Crippen molar-refractivity contribution in [1.82, 2.24) is 0 Å². The van der Waals surface area contributed by atoms with E-state index in [0.29, 0.717) is 0 Å². The van der Waals surface area contributed by atoms with Gasteiger partial charge in [0.05, 0.1) is 5.54 Å². The monoisotopic (exact) mass is 273 g/mol. The number of hydrogen-bond donors (Lipinski definition) is 1. The van der Waals surface area contributed by atoms with Crippen molar-refractivity contribution in [3.63, 3.8) is 0 Å². The first-order valence-electron chi connectivity index (χ1n) is 5.33. The molecule has 2 aromatic rings. The molecule has 1 atom stereocenters. The van der Waals surface area contributed by atoms with Gasteiger partial charge in [-0.25, -0.2) is 0 Å². The lowest BCUT2D eigenvalue weighted by molar-refractivity contribution is 0.468. The third kappa shape index (κ3) is 1.34. The topological polar surface area (TPSA) is 26.0 Å². The van der Waals surface area contributed by atoms with Crippen molar-refractivity contribution in [3.05, 3.63) is 69.7 Å². The van der Waals surface area contributed by atoms with Gasteiger partial charge in [0, 0.05) is 4.47 Å². The average Bonchev–Trinajstić information content (AvgIpc) is 2.28. The van der Waals surface area contributed by atoms with Crippen LogP contribution in [-0.2, 0) is 12.0 Å². The van der Waals surface area contributed by atoms with E-state index in [4.69, 9.17) is 5.73 Å². The van der Waals surface area contributed by atoms with Gasteiger partial charge in [-0.05, 0) is 35.2 Å². The molecule has 0 saturated heterocycles. The molecule has 80 valence electrons. The smallest absolute Gasteiger partial charge is 0.0709 e. The van der Waals surface area contributed by atoms with E-state index in [9.17, 15) is 0 Å². The zero-order valence-electron chi connectivity index (χ0n) is 8.78. The molecule has 16 heavy (non-hydrogen) atoms. The molecule has 0 fully saturated rings. The molecule has 0 aliphatic heterocycles. The van der Waals surface area contributed by atoms with E-state index < -0.39 is 0 Å². The molecule has 2 N–H and O–H groups in total. The van der Waals surface area contributed by atoms with Gasteiger partial charge in [-0.2, -0.15) is 0 Å². The fraction of sp³-hybridized carbons (Fsp3) is 0.143. The van der Waals surface area contributed by atoms with E-state index >= 15 is 0 Å². The summed E-state index contributed by atoms with van der Waals surface area (Å²) in [5.41, 5.74) is 10.0. The Bertz CT molecular complexity index is 533. The van der Waals surface area contributed by atoms with Gasteiger partial charge in [0.15, 0.2) is 0 Å². The average molecular weight is 274 g/mol. The second kappa shape index (κ2) is 3.44. The largest absolute Gasteiger partial charge is 0.317 e. The van der Waals surface area contributed by atoms with Gasteiger partial charge < -0.3 is 5.73 Å². The summed E-state index contributed by atoms with van der Waals surface area (Å²) < 4.78 is 1.09. The first-order valence-corrected chi connectivity index (χ1v) is 6.13. The van der Waals surface area contributed by atoms with E-state index in [1.165, 1.54) is 16.7 Å². The summed E-state index contributed by atoms with van der Waals surface area (Å²) in [4.78, 5) is 0. The number of halogens is 1. The number of hydrogen-bond acceptors (Lipinski definition) is 1. The molecule has 1 unspecified atom stereocenters. The Hall–Kier alpha value is -1.12. The predicted molar refractivity (Wildman–Crippen MR) is 69.3 cm³/mol. The minimum Gasteiger partial charge on any atom is -0.317 e. The van der Waals surface area contributed by atoms with Crippen LogP contribution in [0, 0.1) is 0 Å². The minimum absolute atomic E-state index is 0.280. The highest BCUT2D eigenvalue weighted by molar-refractivity contribution is 9.10. The third-order valence-corrected chi connectivity index (χ3v) is 3.86. The Morgan fingerprint density at radius 2 is 1.69 bits per heavy atom. The molecule has 1 nitrogen and oxygen atoms in total. The molecule has 1 aliphatic carbocycles. The maximum atomic E-state index is 6.47. The molecule has 0 saturated carbocycles. The summed E-state index contributed by atoms with van der Waals surface area (Å²) in [6.07, 6.45) is 0.935. The van der Waals surface area contributed by atoms with Crippen molar-refractivity contribution in [3.8, 4) is 0 Å². The highest BCUT2D eigenvalue weighted by Gasteiger charge is 2.39. The van der Waals surface area contributed by atoms with Gasteiger partial charge in [-0.3, -0.25) is 0 Å². The molecule has 0 amide bonds. The Balaban J connectivity index is 2.07. The highest BCUT2D eigenvalue weighted by Crippen LogP contribution is 2.41. The third-order valence-electron chi connectivity index (χ3n) is 3.33. The first kappa shape index (κ1) is 10.1. The van der Waals surface area contributed by atoms with Gasteiger partial charge in [-0.1, -0.05) is 52.3 Å². The van der Waals surface area contributed by atoms with E-state index in [1.807, 2.05) is 12.1 Å². The summed E-state index contributed by atoms with van der Waals surface area (Å²) in [5.74, 6) is 0. The van der Waals surface area contributed by atoms with Crippen LogP contribution in [0.1, 0.15) is 16.7 Å². The fourth-order valence-electron chi connectivity index (χ4n) is 2.40. The normalized spacial score (nSPS) is 22.4. The van der Waals surface area contributed by atoms with Gasteiger partial charge in [0.2, 0.25) is 0 Å². The van der Waals surface area contributed by atoms with E-state index in [-0.39, 0.29) is 5.54 Å². The molecule has 3 rings (SSSR count). The maximum Gasteiger partial charge on any atom is 0.0709 e. The van der Waals surface area contributed by atoms with Crippen LogP contribution in [0.3, 0.4) is 0 Å². The lowest BCUT2D eigenvalue weighted by Crippen LogP contribution is -2.48. The molecular weight excluding hydrogens is 262 g/mol. The number of rotatable bonds is 1. The van der Waals surface area contributed by atoms with Crippen molar-refractivity contribution in [2.24, 2.45) is 5.73 Å². The van der Waals surface area contributed by atoms with Crippen LogP contribution in [-0.4, -0.2) is 0 Å². The summed E-state index contributed by atoms with van der Waals surface area (Å²) >= 11 is 3.44.